The first-order valence-corrected chi connectivity index (χ1v) is 11.8. The van der Waals surface area contributed by atoms with Gasteiger partial charge in [0.2, 0.25) is 10.0 Å². The van der Waals surface area contributed by atoms with Crippen LogP contribution < -0.4 is 10.0 Å². The number of sulfonamides is 1. The van der Waals surface area contributed by atoms with Crippen LogP contribution in [0.25, 0.3) is 0 Å². The molecule has 1 saturated heterocycles. The van der Waals surface area contributed by atoms with E-state index in [1.807, 2.05) is 18.9 Å². The summed E-state index contributed by atoms with van der Waals surface area (Å²) in [6.45, 7) is 6.24. The molecule has 0 aromatic rings. The zero-order valence-electron chi connectivity index (χ0n) is 17.2. The molecule has 0 aromatic heterocycles. The molecule has 2 N–H and O–H groups in total. The molecule has 28 heavy (non-hydrogen) atoms. The Balaban J connectivity index is 0.00000392. The van der Waals surface area contributed by atoms with E-state index in [9.17, 15) is 8.42 Å². The number of nitrogens with one attached hydrogen (secondary N) is 2. The van der Waals surface area contributed by atoms with Crippen molar-refractivity contribution in [2.75, 3.05) is 58.8 Å². The standard InChI is InChI=1S/C18H36N4O4S.HI/c1-3-19-18(22(2)10-12-25-15-16-7-8-16)20-9-13-27(23,24)21-14-17-6-4-5-11-26-17;/h16-17,21H,3-15H2,1-2H3,(H,19,20);1H. The van der Waals surface area contributed by atoms with Crippen molar-refractivity contribution in [2.45, 2.75) is 45.1 Å². The van der Waals surface area contributed by atoms with Gasteiger partial charge in [-0.05, 0) is 44.9 Å². The second kappa shape index (κ2) is 13.9. The summed E-state index contributed by atoms with van der Waals surface area (Å²) in [5, 5.41) is 3.20. The van der Waals surface area contributed by atoms with E-state index >= 15 is 0 Å². The van der Waals surface area contributed by atoms with Crippen LogP contribution in [0.5, 0.6) is 0 Å². The monoisotopic (exact) mass is 532 g/mol. The molecule has 1 aliphatic heterocycles. The summed E-state index contributed by atoms with van der Waals surface area (Å²) < 4.78 is 38.2. The fourth-order valence-corrected chi connectivity index (χ4v) is 3.76. The Morgan fingerprint density at radius 3 is 2.71 bits per heavy atom. The first-order valence-electron chi connectivity index (χ1n) is 10.2. The molecule has 1 saturated carbocycles. The van der Waals surface area contributed by atoms with Gasteiger partial charge in [-0.15, -0.1) is 24.0 Å². The number of guanidine groups is 1. The molecule has 8 nitrogen and oxygen atoms in total. The molecular formula is C18H37IN4O4S. The highest BCUT2D eigenvalue weighted by Gasteiger charge is 2.21. The molecule has 10 heteroatoms. The summed E-state index contributed by atoms with van der Waals surface area (Å²) in [4.78, 5) is 6.42. The molecule has 0 radical (unpaired) electrons. The first-order chi connectivity index (χ1) is 13.0. The number of halogens is 1. The summed E-state index contributed by atoms with van der Waals surface area (Å²) in [6, 6.07) is 0. The Morgan fingerprint density at radius 1 is 1.29 bits per heavy atom. The average Bonchev–Trinajstić information content (AvgIpc) is 3.48. The molecule has 2 aliphatic rings. The van der Waals surface area contributed by atoms with Gasteiger partial charge < -0.3 is 19.7 Å². The minimum absolute atomic E-state index is 0. The van der Waals surface area contributed by atoms with Crippen molar-refractivity contribution in [3.8, 4) is 0 Å². The van der Waals surface area contributed by atoms with Gasteiger partial charge in [0.25, 0.3) is 0 Å². The predicted molar refractivity (Wildman–Crippen MR) is 123 cm³/mol. The van der Waals surface area contributed by atoms with Crippen molar-refractivity contribution in [1.29, 1.82) is 0 Å². The predicted octanol–water partition coefficient (Wildman–Crippen LogP) is 1.42. The molecule has 2 rings (SSSR count). The van der Waals surface area contributed by atoms with Gasteiger partial charge in [0, 0.05) is 39.9 Å². The second-order valence-corrected chi connectivity index (χ2v) is 9.26. The van der Waals surface area contributed by atoms with Gasteiger partial charge in [0.1, 0.15) is 0 Å². The van der Waals surface area contributed by atoms with Crippen LogP contribution in [0.3, 0.4) is 0 Å². The Morgan fingerprint density at radius 2 is 2.07 bits per heavy atom. The Labute approximate surface area is 187 Å². The van der Waals surface area contributed by atoms with Gasteiger partial charge in [-0.1, -0.05) is 0 Å². The van der Waals surface area contributed by atoms with E-state index in [2.05, 4.69) is 15.0 Å². The Bertz CT molecular complexity index is 552. The van der Waals surface area contributed by atoms with Gasteiger partial charge in [0.15, 0.2) is 5.96 Å². The van der Waals surface area contributed by atoms with Gasteiger partial charge >= 0.3 is 0 Å². The lowest BCUT2D eigenvalue weighted by molar-refractivity contribution is 0.0200. The Kier molecular flexibility index (Phi) is 12.9. The quantitative estimate of drug-likeness (QED) is 0.171. The van der Waals surface area contributed by atoms with E-state index < -0.39 is 10.0 Å². The molecule has 2 fully saturated rings. The van der Waals surface area contributed by atoms with E-state index in [1.165, 1.54) is 12.8 Å². The smallest absolute Gasteiger partial charge is 0.213 e. The van der Waals surface area contributed by atoms with E-state index in [1.54, 1.807) is 0 Å². The zero-order valence-corrected chi connectivity index (χ0v) is 20.3. The SMILES string of the molecule is CCNC(=NCCS(=O)(=O)NCC1CCCCO1)N(C)CCOCC1CC1.I. The zero-order chi connectivity index (χ0) is 19.5. The van der Waals surface area contributed by atoms with Crippen molar-refractivity contribution in [1.82, 2.24) is 14.9 Å². The van der Waals surface area contributed by atoms with Crippen LogP contribution in [0.1, 0.15) is 39.0 Å². The third-order valence-corrected chi connectivity index (χ3v) is 6.07. The van der Waals surface area contributed by atoms with Crippen LogP contribution in [0.4, 0.5) is 0 Å². The average molecular weight is 532 g/mol. The van der Waals surface area contributed by atoms with E-state index in [0.717, 1.165) is 51.5 Å². The number of aliphatic imine (C=N–C) groups is 1. The lowest BCUT2D eigenvalue weighted by Gasteiger charge is -2.23. The normalized spacial score (nSPS) is 20.5. The van der Waals surface area contributed by atoms with Crippen LogP contribution in [0, 0.1) is 5.92 Å². The number of ether oxygens (including phenoxy) is 2. The summed E-state index contributed by atoms with van der Waals surface area (Å²) in [6.07, 6.45) is 5.64. The van der Waals surface area contributed by atoms with Crippen molar-refractivity contribution in [2.24, 2.45) is 10.9 Å². The van der Waals surface area contributed by atoms with Crippen LogP contribution in [0.2, 0.25) is 0 Å². The lowest BCUT2D eigenvalue weighted by atomic mass is 10.1. The van der Waals surface area contributed by atoms with Crippen LogP contribution >= 0.6 is 24.0 Å². The molecule has 1 heterocycles. The summed E-state index contributed by atoms with van der Waals surface area (Å²) in [5.74, 6) is 1.44. The fourth-order valence-electron chi connectivity index (χ4n) is 2.84. The molecule has 0 aromatic carbocycles. The molecule has 1 atom stereocenters. The highest BCUT2D eigenvalue weighted by molar-refractivity contribution is 14.0. The molecule has 1 unspecified atom stereocenters. The topological polar surface area (TPSA) is 92.3 Å². The molecule has 0 spiro atoms. The molecule has 0 bridgehead atoms. The van der Waals surface area contributed by atoms with Gasteiger partial charge in [-0.25, -0.2) is 13.1 Å². The summed E-state index contributed by atoms with van der Waals surface area (Å²) in [7, 11) is -1.41. The Hall–Kier alpha value is -0.170. The van der Waals surface area contributed by atoms with E-state index in [-0.39, 0.29) is 42.4 Å². The molecule has 1 aliphatic carbocycles. The lowest BCUT2D eigenvalue weighted by Crippen LogP contribution is -2.41. The largest absolute Gasteiger partial charge is 0.379 e. The van der Waals surface area contributed by atoms with Crippen molar-refractivity contribution >= 4 is 40.0 Å². The van der Waals surface area contributed by atoms with Gasteiger partial charge in [-0.2, -0.15) is 0 Å². The molecular weight excluding hydrogens is 495 g/mol. The number of rotatable bonds is 12. The fraction of sp³-hybridized carbons (Fsp3) is 0.944. The number of likely N-dealkylation sites (N-methyl/N-ethyl adjacent to an activating group) is 1. The number of hydrogen-bond donors (Lipinski definition) is 2. The highest BCUT2D eigenvalue weighted by Crippen LogP contribution is 2.28. The third kappa shape index (κ3) is 11.1. The molecule has 166 valence electrons. The maximum Gasteiger partial charge on any atom is 0.213 e. The van der Waals surface area contributed by atoms with E-state index in [4.69, 9.17) is 9.47 Å². The van der Waals surface area contributed by atoms with Crippen molar-refractivity contribution in [3.63, 3.8) is 0 Å². The first kappa shape index (κ1) is 25.9. The number of hydrogen-bond acceptors (Lipinski definition) is 5. The number of nitrogens with zero attached hydrogens (tertiary/aromatic N) is 2. The molecule has 0 amide bonds. The van der Waals surface area contributed by atoms with Crippen LogP contribution in [0.15, 0.2) is 4.99 Å². The van der Waals surface area contributed by atoms with Gasteiger partial charge in [0.05, 0.1) is 25.0 Å². The van der Waals surface area contributed by atoms with Gasteiger partial charge in [-0.3, -0.25) is 4.99 Å². The van der Waals surface area contributed by atoms with Crippen LogP contribution in [-0.4, -0.2) is 84.2 Å². The summed E-state index contributed by atoms with van der Waals surface area (Å²) >= 11 is 0. The summed E-state index contributed by atoms with van der Waals surface area (Å²) in [5.41, 5.74) is 0. The third-order valence-electron chi connectivity index (χ3n) is 4.74. The minimum atomic E-state index is -3.35. The van der Waals surface area contributed by atoms with E-state index in [0.29, 0.717) is 19.1 Å². The van der Waals surface area contributed by atoms with Crippen molar-refractivity contribution < 1.29 is 17.9 Å². The highest BCUT2D eigenvalue weighted by atomic mass is 127. The van der Waals surface area contributed by atoms with Crippen LogP contribution in [-0.2, 0) is 19.5 Å². The second-order valence-electron chi connectivity index (χ2n) is 7.33. The minimum Gasteiger partial charge on any atom is -0.379 e. The maximum atomic E-state index is 12.2. The maximum absolute atomic E-state index is 12.2. The van der Waals surface area contributed by atoms with Crippen molar-refractivity contribution in [3.05, 3.63) is 0 Å².